The summed E-state index contributed by atoms with van der Waals surface area (Å²) in [5.74, 6) is 0.123. The fraction of sp³-hybridized carbons (Fsp3) is 0.700. The van der Waals surface area contributed by atoms with Gasteiger partial charge in [0.15, 0.2) is 0 Å². The van der Waals surface area contributed by atoms with Crippen molar-refractivity contribution in [3.8, 4) is 0 Å². The standard InChI is InChI=1S/C10H16N4O/c15-10(13-9-3-1-2-4-9)5-6-14-8-11-7-12-14/h7-9H,1-6H2,(H,13,15). The van der Waals surface area contributed by atoms with Crippen molar-refractivity contribution in [3.05, 3.63) is 12.7 Å². The first-order valence-corrected chi connectivity index (χ1v) is 5.46. The Hall–Kier alpha value is -1.39. The molecule has 0 unspecified atom stereocenters. The van der Waals surface area contributed by atoms with E-state index in [9.17, 15) is 4.79 Å². The van der Waals surface area contributed by atoms with Gasteiger partial charge in [-0.15, -0.1) is 0 Å². The molecular formula is C10H16N4O. The van der Waals surface area contributed by atoms with Gasteiger partial charge in [0.2, 0.25) is 5.91 Å². The largest absolute Gasteiger partial charge is 0.353 e. The van der Waals surface area contributed by atoms with E-state index in [4.69, 9.17) is 0 Å². The monoisotopic (exact) mass is 208 g/mol. The van der Waals surface area contributed by atoms with Crippen LogP contribution in [0, 0.1) is 0 Å². The van der Waals surface area contributed by atoms with Gasteiger partial charge in [-0.1, -0.05) is 12.8 Å². The van der Waals surface area contributed by atoms with Crippen LogP contribution in [-0.2, 0) is 11.3 Å². The van der Waals surface area contributed by atoms with Crippen molar-refractivity contribution < 1.29 is 4.79 Å². The van der Waals surface area contributed by atoms with E-state index in [1.807, 2.05) is 0 Å². The molecule has 1 N–H and O–H groups in total. The molecule has 0 aromatic carbocycles. The van der Waals surface area contributed by atoms with Gasteiger partial charge in [-0.3, -0.25) is 9.48 Å². The number of aromatic nitrogens is 3. The lowest BCUT2D eigenvalue weighted by molar-refractivity contribution is -0.122. The Morgan fingerprint density at radius 1 is 1.47 bits per heavy atom. The normalized spacial score (nSPS) is 16.8. The van der Waals surface area contributed by atoms with Gasteiger partial charge < -0.3 is 5.32 Å². The lowest BCUT2D eigenvalue weighted by atomic mass is 10.2. The van der Waals surface area contributed by atoms with E-state index >= 15 is 0 Å². The molecule has 1 heterocycles. The van der Waals surface area contributed by atoms with E-state index in [0.29, 0.717) is 19.0 Å². The number of hydrogen-bond acceptors (Lipinski definition) is 3. The van der Waals surface area contributed by atoms with Crippen molar-refractivity contribution >= 4 is 5.91 Å². The summed E-state index contributed by atoms with van der Waals surface area (Å²) in [6.07, 6.45) is 8.35. The predicted molar refractivity (Wildman–Crippen MR) is 55.0 cm³/mol. The van der Waals surface area contributed by atoms with Crippen LogP contribution < -0.4 is 5.32 Å². The van der Waals surface area contributed by atoms with Gasteiger partial charge in [0.25, 0.3) is 0 Å². The van der Waals surface area contributed by atoms with Crippen molar-refractivity contribution in [2.45, 2.75) is 44.7 Å². The van der Waals surface area contributed by atoms with E-state index in [2.05, 4.69) is 15.4 Å². The lowest BCUT2D eigenvalue weighted by Crippen LogP contribution is -2.33. The molecule has 1 aliphatic rings. The number of carbonyl (C=O) groups is 1. The maximum atomic E-state index is 11.5. The molecule has 0 saturated heterocycles. The zero-order chi connectivity index (χ0) is 10.5. The molecule has 2 rings (SSSR count). The first-order chi connectivity index (χ1) is 7.34. The average Bonchev–Trinajstić information content (AvgIpc) is 2.86. The van der Waals surface area contributed by atoms with Gasteiger partial charge in [-0.2, -0.15) is 5.10 Å². The molecule has 1 amide bonds. The van der Waals surface area contributed by atoms with E-state index in [1.165, 1.54) is 19.2 Å². The van der Waals surface area contributed by atoms with Crippen molar-refractivity contribution in [1.29, 1.82) is 0 Å². The SMILES string of the molecule is O=C(CCn1cncn1)NC1CCCC1. The van der Waals surface area contributed by atoms with Gasteiger partial charge in [-0.05, 0) is 12.8 Å². The summed E-state index contributed by atoms with van der Waals surface area (Å²) in [4.78, 5) is 15.3. The molecule has 1 aromatic rings. The number of amides is 1. The van der Waals surface area contributed by atoms with Crippen molar-refractivity contribution in [2.24, 2.45) is 0 Å². The Morgan fingerprint density at radius 3 is 2.93 bits per heavy atom. The van der Waals surface area contributed by atoms with Crippen LogP contribution in [0.5, 0.6) is 0 Å². The molecule has 0 radical (unpaired) electrons. The molecule has 0 spiro atoms. The van der Waals surface area contributed by atoms with Crippen molar-refractivity contribution in [3.63, 3.8) is 0 Å². The third-order valence-electron chi connectivity index (χ3n) is 2.75. The second-order valence-corrected chi connectivity index (χ2v) is 3.96. The molecule has 1 saturated carbocycles. The highest BCUT2D eigenvalue weighted by molar-refractivity contribution is 5.76. The number of nitrogens with one attached hydrogen (secondary N) is 1. The zero-order valence-corrected chi connectivity index (χ0v) is 8.72. The highest BCUT2D eigenvalue weighted by Crippen LogP contribution is 2.17. The molecule has 15 heavy (non-hydrogen) atoms. The molecule has 0 bridgehead atoms. The van der Waals surface area contributed by atoms with E-state index < -0.39 is 0 Å². The molecule has 1 aromatic heterocycles. The fourth-order valence-corrected chi connectivity index (χ4v) is 1.93. The molecule has 1 fully saturated rings. The second-order valence-electron chi connectivity index (χ2n) is 3.96. The predicted octanol–water partition coefficient (Wildman–Crippen LogP) is 0.727. The van der Waals surface area contributed by atoms with Crippen LogP contribution in [0.3, 0.4) is 0 Å². The Labute approximate surface area is 88.9 Å². The molecule has 5 heteroatoms. The van der Waals surface area contributed by atoms with Gasteiger partial charge in [-0.25, -0.2) is 4.98 Å². The summed E-state index contributed by atoms with van der Waals surface area (Å²) in [6.45, 7) is 0.610. The molecule has 82 valence electrons. The van der Waals surface area contributed by atoms with E-state index in [-0.39, 0.29) is 5.91 Å². The first-order valence-electron chi connectivity index (χ1n) is 5.46. The minimum absolute atomic E-state index is 0.123. The maximum absolute atomic E-state index is 11.5. The summed E-state index contributed by atoms with van der Waals surface area (Å²) in [6, 6.07) is 0.410. The molecule has 5 nitrogen and oxygen atoms in total. The summed E-state index contributed by atoms with van der Waals surface area (Å²) >= 11 is 0. The van der Waals surface area contributed by atoms with Crippen molar-refractivity contribution in [1.82, 2.24) is 20.1 Å². The van der Waals surface area contributed by atoms with Crippen LogP contribution in [0.1, 0.15) is 32.1 Å². The quantitative estimate of drug-likeness (QED) is 0.793. The van der Waals surface area contributed by atoms with Crippen LogP contribution in [0.4, 0.5) is 0 Å². The third-order valence-corrected chi connectivity index (χ3v) is 2.75. The highest BCUT2D eigenvalue weighted by Gasteiger charge is 2.16. The van der Waals surface area contributed by atoms with Crippen LogP contribution >= 0.6 is 0 Å². The minimum Gasteiger partial charge on any atom is -0.353 e. The lowest BCUT2D eigenvalue weighted by Gasteiger charge is -2.11. The number of rotatable bonds is 4. The number of aryl methyl sites for hydroxylation is 1. The number of hydrogen-bond donors (Lipinski definition) is 1. The van der Waals surface area contributed by atoms with E-state index in [1.54, 1.807) is 11.0 Å². The third kappa shape index (κ3) is 3.04. The fourth-order valence-electron chi connectivity index (χ4n) is 1.93. The molecule has 0 atom stereocenters. The summed E-state index contributed by atoms with van der Waals surface area (Å²) in [5.41, 5.74) is 0. The van der Waals surface area contributed by atoms with Gasteiger partial charge >= 0.3 is 0 Å². The topological polar surface area (TPSA) is 59.8 Å². The second kappa shape index (κ2) is 4.91. The van der Waals surface area contributed by atoms with Crippen LogP contribution in [0.15, 0.2) is 12.7 Å². The summed E-state index contributed by atoms with van der Waals surface area (Å²) in [5, 5.41) is 6.99. The Kier molecular flexibility index (Phi) is 3.32. The number of carbonyl (C=O) groups excluding carboxylic acids is 1. The highest BCUT2D eigenvalue weighted by atomic mass is 16.1. The van der Waals surface area contributed by atoms with Gasteiger partial charge in [0, 0.05) is 12.5 Å². The first kappa shape index (κ1) is 10.1. The Balaban J connectivity index is 1.68. The van der Waals surface area contributed by atoms with Crippen LogP contribution in [0.25, 0.3) is 0 Å². The summed E-state index contributed by atoms with van der Waals surface area (Å²) in [7, 11) is 0. The Morgan fingerprint density at radius 2 is 2.27 bits per heavy atom. The van der Waals surface area contributed by atoms with E-state index in [0.717, 1.165) is 12.8 Å². The van der Waals surface area contributed by atoms with Crippen molar-refractivity contribution in [2.75, 3.05) is 0 Å². The summed E-state index contributed by atoms with van der Waals surface area (Å²) < 4.78 is 1.67. The number of nitrogens with zero attached hydrogens (tertiary/aromatic N) is 3. The van der Waals surface area contributed by atoms with Gasteiger partial charge in [0.05, 0.1) is 6.54 Å². The smallest absolute Gasteiger partial charge is 0.222 e. The minimum atomic E-state index is 0.123. The maximum Gasteiger partial charge on any atom is 0.222 e. The van der Waals surface area contributed by atoms with Crippen LogP contribution in [-0.4, -0.2) is 26.7 Å². The zero-order valence-electron chi connectivity index (χ0n) is 8.72. The molecular weight excluding hydrogens is 192 g/mol. The van der Waals surface area contributed by atoms with Gasteiger partial charge in [0.1, 0.15) is 12.7 Å². The molecule has 0 aliphatic heterocycles. The average molecular weight is 208 g/mol. The molecule has 1 aliphatic carbocycles. The Bertz CT molecular complexity index is 303. The van der Waals surface area contributed by atoms with Crippen LogP contribution in [0.2, 0.25) is 0 Å².